The molecule has 2 nitrogen and oxygen atoms in total. The Morgan fingerprint density at radius 3 is 1.36 bits per heavy atom. The Balaban J connectivity index is 3.77. The van der Waals surface area contributed by atoms with E-state index in [1.165, 1.54) is 0 Å². The molecule has 0 atom stereocenters. The van der Waals surface area contributed by atoms with E-state index >= 15 is 0 Å². The van der Waals surface area contributed by atoms with Crippen LogP contribution in [-0.4, -0.2) is 0 Å². The van der Waals surface area contributed by atoms with E-state index in [4.69, 9.17) is 10.5 Å². The van der Waals surface area contributed by atoms with Crippen molar-refractivity contribution in [3.05, 3.63) is 29.4 Å². The minimum Gasteiger partial charge on any atom is -0.192 e. The summed E-state index contributed by atoms with van der Waals surface area (Å²) in [7, 11) is 0. The van der Waals surface area contributed by atoms with Crippen molar-refractivity contribution in [3.63, 3.8) is 0 Å². The van der Waals surface area contributed by atoms with Crippen molar-refractivity contribution in [2.75, 3.05) is 0 Å². The average Bonchev–Trinajstić information content (AvgIpc) is 2.17. The zero-order chi connectivity index (χ0) is 10.9. The lowest BCUT2D eigenvalue weighted by atomic mass is 10.0. The lowest BCUT2D eigenvalue weighted by Gasteiger charge is -2.09. The SMILES string of the molecule is Cc1c(I)c(C#N)c(C)c(I)c1C#N. The van der Waals surface area contributed by atoms with Gasteiger partial charge in [0, 0.05) is 7.14 Å². The third-order valence-corrected chi connectivity index (χ3v) is 4.77. The van der Waals surface area contributed by atoms with Crippen molar-refractivity contribution in [1.29, 1.82) is 10.5 Å². The maximum Gasteiger partial charge on any atom is 0.101 e. The number of hydrogen-bond donors (Lipinski definition) is 0. The molecule has 0 amide bonds. The molecule has 1 aromatic carbocycles. The second-order valence-electron chi connectivity index (χ2n) is 2.85. The summed E-state index contributed by atoms with van der Waals surface area (Å²) in [5, 5.41) is 17.9. The molecule has 0 aliphatic carbocycles. The van der Waals surface area contributed by atoms with E-state index in [2.05, 4.69) is 57.3 Å². The highest BCUT2D eigenvalue weighted by molar-refractivity contribution is 14.1. The minimum atomic E-state index is 0.687. The largest absolute Gasteiger partial charge is 0.192 e. The molecular formula is C10H6I2N2. The van der Waals surface area contributed by atoms with Crippen molar-refractivity contribution in [3.8, 4) is 12.1 Å². The molecule has 0 spiro atoms. The summed E-state index contributed by atoms with van der Waals surface area (Å²) in [6, 6.07) is 4.35. The first-order chi connectivity index (χ1) is 6.54. The number of benzene rings is 1. The maximum atomic E-state index is 8.97. The van der Waals surface area contributed by atoms with Gasteiger partial charge >= 0.3 is 0 Å². The Bertz CT molecular complexity index is 404. The zero-order valence-corrected chi connectivity index (χ0v) is 12.0. The molecule has 0 unspecified atom stereocenters. The van der Waals surface area contributed by atoms with Crippen LogP contribution in [0.15, 0.2) is 0 Å². The van der Waals surface area contributed by atoms with Crippen molar-refractivity contribution in [2.24, 2.45) is 0 Å². The first kappa shape index (κ1) is 11.7. The first-order valence-electron chi connectivity index (χ1n) is 3.83. The van der Waals surface area contributed by atoms with Gasteiger partial charge in [-0.1, -0.05) is 0 Å². The Morgan fingerprint density at radius 2 is 1.14 bits per heavy atom. The number of nitriles is 2. The maximum absolute atomic E-state index is 8.97. The van der Waals surface area contributed by atoms with Gasteiger partial charge in [0.25, 0.3) is 0 Å². The predicted molar refractivity (Wildman–Crippen MR) is 70.8 cm³/mol. The number of nitrogens with zero attached hydrogens (tertiary/aromatic N) is 2. The van der Waals surface area contributed by atoms with Gasteiger partial charge in [-0.15, -0.1) is 0 Å². The summed E-state index contributed by atoms with van der Waals surface area (Å²) in [6.07, 6.45) is 0. The average molecular weight is 408 g/mol. The topological polar surface area (TPSA) is 47.6 Å². The zero-order valence-electron chi connectivity index (χ0n) is 7.65. The van der Waals surface area contributed by atoms with Crippen LogP contribution in [0.5, 0.6) is 0 Å². The monoisotopic (exact) mass is 408 g/mol. The highest BCUT2D eigenvalue weighted by Gasteiger charge is 2.15. The highest BCUT2D eigenvalue weighted by atomic mass is 127. The smallest absolute Gasteiger partial charge is 0.101 e. The van der Waals surface area contributed by atoms with Crippen LogP contribution in [0, 0.1) is 43.7 Å². The molecule has 0 N–H and O–H groups in total. The first-order valence-corrected chi connectivity index (χ1v) is 5.98. The molecule has 1 rings (SSSR count). The van der Waals surface area contributed by atoms with Crippen molar-refractivity contribution < 1.29 is 0 Å². The van der Waals surface area contributed by atoms with Crippen LogP contribution in [0.2, 0.25) is 0 Å². The normalized spacial score (nSPS) is 9.29. The Kier molecular flexibility index (Phi) is 3.73. The van der Waals surface area contributed by atoms with Crippen LogP contribution >= 0.6 is 45.2 Å². The number of hydrogen-bond acceptors (Lipinski definition) is 2. The van der Waals surface area contributed by atoms with Crippen molar-refractivity contribution >= 4 is 45.2 Å². The summed E-state index contributed by atoms with van der Waals surface area (Å²) in [6.45, 7) is 3.76. The van der Waals surface area contributed by atoms with Crippen LogP contribution in [-0.2, 0) is 0 Å². The van der Waals surface area contributed by atoms with E-state index in [9.17, 15) is 0 Å². The molecule has 70 valence electrons. The summed E-state index contributed by atoms with van der Waals surface area (Å²) in [4.78, 5) is 0. The molecule has 0 radical (unpaired) electrons. The van der Waals surface area contributed by atoms with Crippen LogP contribution < -0.4 is 0 Å². The summed E-state index contributed by atoms with van der Waals surface area (Å²) < 4.78 is 1.78. The summed E-state index contributed by atoms with van der Waals surface area (Å²) >= 11 is 4.24. The molecular weight excluding hydrogens is 402 g/mol. The molecule has 0 aliphatic rings. The van der Waals surface area contributed by atoms with Gasteiger partial charge in [-0.3, -0.25) is 0 Å². The summed E-state index contributed by atoms with van der Waals surface area (Å²) in [5.74, 6) is 0. The Labute approximate surface area is 110 Å². The van der Waals surface area contributed by atoms with E-state index in [0.29, 0.717) is 11.1 Å². The molecule has 0 aromatic heterocycles. The third kappa shape index (κ3) is 1.73. The fraction of sp³-hybridized carbons (Fsp3) is 0.200. The van der Waals surface area contributed by atoms with Gasteiger partial charge in [-0.25, -0.2) is 0 Å². The van der Waals surface area contributed by atoms with Gasteiger partial charge < -0.3 is 0 Å². The molecule has 14 heavy (non-hydrogen) atoms. The molecule has 1 aromatic rings. The van der Waals surface area contributed by atoms with Gasteiger partial charge in [0.2, 0.25) is 0 Å². The molecule has 0 bridgehead atoms. The lowest BCUT2D eigenvalue weighted by molar-refractivity contribution is 1.26. The molecule has 0 saturated heterocycles. The van der Waals surface area contributed by atoms with E-state index in [1.54, 1.807) is 0 Å². The van der Waals surface area contributed by atoms with Crippen molar-refractivity contribution in [1.82, 2.24) is 0 Å². The minimum absolute atomic E-state index is 0.687. The van der Waals surface area contributed by atoms with Gasteiger partial charge in [0.15, 0.2) is 0 Å². The fourth-order valence-electron chi connectivity index (χ4n) is 1.19. The molecule has 0 fully saturated rings. The second-order valence-corrected chi connectivity index (χ2v) is 5.01. The van der Waals surface area contributed by atoms with E-state index in [-0.39, 0.29) is 0 Å². The summed E-state index contributed by atoms with van der Waals surface area (Å²) in [5.41, 5.74) is 3.18. The van der Waals surface area contributed by atoms with Crippen LogP contribution in [0.1, 0.15) is 22.3 Å². The molecule has 4 heteroatoms. The Hall–Kier alpha value is -0.340. The standard InChI is InChI=1S/C10H6I2N2/c1-5-7(3-13)10(12)6(2)8(4-14)9(5)11/h1-2H3. The molecule has 0 aliphatic heterocycles. The van der Waals surface area contributed by atoms with Gasteiger partial charge in [0.05, 0.1) is 11.1 Å². The molecule has 0 heterocycles. The van der Waals surface area contributed by atoms with Crippen LogP contribution in [0.25, 0.3) is 0 Å². The van der Waals surface area contributed by atoms with Crippen LogP contribution in [0.4, 0.5) is 0 Å². The van der Waals surface area contributed by atoms with Gasteiger partial charge in [-0.2, -0.15) is 10.5 Å². The van der Waals surface area contributed by atoms with E-state index < -0.39 is 0 Å². The predicted octanol–water partition coefficient (Wildman–Crippen LogP) is 3.26. The quantitative estimate of drug-likeness (QED) is 0.620. The third-order valence-electron chi connectivity index (χ3n) is 2.07. The van der Waals surface area contributed by atoms with E-state index in [0.717, 1.165) is 18.3 Å². The fourth-order valence-corrected chi connectivity index (χ4v) is 2.78. The van der Waals surface area contributed by atoms with E-state index in [1.807, 2.05) is 13.8 Å². The van der Waals surface area contributed by atoms with Gasteiger partial charge in [-0.05, 0) is 70.2 Å². The van der Waals surface area contributed by atoms with Crippen LogP contribution in [0.3, 0.4) is 0 Å². The number of rotatable bonds is 0. The van der Waals surface area contributed by atoms with Crippen molar-refractivity contribution in [2.45, 2.75) is 13.8 Å². The van der Waals surface area contributed by atoms with Gasteiger partial charge in [0.1, 0.15) is 12.1 Å². The lowest BCUT2D eigenvalue weighted by Crippen LogP contribution is -2.00. The Morgan fingerprint density at radius 1 is 0.857 bits per heavy atom. The highest BCUT2D eigenvalue weighted by Crippen LogP contribution is 2.28. The second kappa shape index (κ2) is 4.45. The number of halogens is 2. The molecule has 0 saturated carbocycles.